The summed E-state index contributed by atoms with van der Waals surface area (Å²) in [7, 11) is 0. The average Bonchev–Trinajstić information content (AvgIpc) is 1.34. The molecule has 0 bridgehead atoms. The molecule has 0 spiro atoms. The van der Waals surface area contributed by atoms with E-state index in [0.717, 1.165) is 99.6 Å². The van der Waals surface area contributed by atoms with Crippen molar-refractivity contribution in [3.63, 3.8) is 0 Å². The Balaban J connectivity index is 1.06. The van der Waals surface area contributed by atoms with Gasteiger partial charge in [0.25, 0.3) is 0 Å². The van der Waals surface area contributed by atoms with Crippen molar-refractivity contribution in [3.8, 4) is 44.5 Å². The molecule has 0 saturated carbocycles. The Morgan fingerprint density at radius 3 is 0.798 bits per heavy atom. The lowest BCUT2D eigenvalue weighted by Gasteiger charge is -2.30. The molecule has 418 valence electrons. The molecule has 0 saturated heterocycles. The van der Waals surface area contributed by atoms with Crippen molar-refractivity contribution in [1.82, 2.24) is 0 Å². The van der Waals surface area contributed by atoms with Crippen LogP contribution in [0, 0.1) is 11.6 Å². The fourth-order valence-corrected chi connectivity index (χ4v) is 12.2. The van der Waals surface area contributed by atoms with Gasteiger partial charge in [-0.1, -0.05) is 253 Å². The van der Waals surface area contributed by atoms with Crippen LogP contribution >= 0.6 is 0 Å². The van der Waals surface area contributed by atoms with Gasteiger partial charge in [0.1, 0.15) is 11.6 Å². The van der Waals surface area contributed by atoms with Crippen molar-refractivity contribution < 1.29 is 8.78 Å². The molecule has 12 rings (SSSR count). The zero-order valence-corrected chi connectivity index (χ0v) is 50.6. The summed E-state index contributed by atoms with van der Waals surface area (Å²) in [5, 5.41) is 6.11. The number of hydrogen-bond donors (Lipinski definition) is 0. The molecule has 2 nitrogen and oxygen atoms in total. The van der Waals surface area contributed by atoms with Crippen LogP contribution in [-0.4, -0.2) is 0 Å². The second-order valence-corrected chi connectivity index (χ2v) is 26.9. The summed E-state index contributed by atoms with van der Waals surface area (Å²) in [6, 6.07) is 79.9. The lowest BCUT2D eigenvalue weighted by Crippen LogP contribution is -2.14. The van der Waals surface area contributed by atoms with Crippen LogP contribution in [0.4, 0.5) is 42.9 Å². The van der Waals surface area contributed by atoms with Gasteiger partial charge in [0, 0.05) is 22.1 Å². The van der Waals surface area contributed by atoms with Gasteiger partial charge in [-0.2, -0.15) is 0 Å². The fraction of sp³-hybridized carbons (Fsp3) is 0.200. The van der Waals surface area contributed by atoms with Crippen molar-refractivity contribution in [3.05, 3.63) is 264 Å². The molecule has 0 heterocycles. The molecule has 0 radical (unpaired) electrons. The maximum Gasteiger partial charge on any atom is 0.147 e. The van der Waals surface area contributed by atoms with Crippen LogP contribution < -0.4 is 9.80 Å². The van der Waals surface area contributed by atoms with E-state index < -0.39 is 0 Å². The average molecular weight is 1100 g/mol. The highest BCUT2D eigenvalue weighted by molar-refractivity contribution is 6.28. The Bertz CT molecular complexity index is 4080. The minimum Gasteiger partial charge on any atom is -0.307 e. The quantitative estimate of drug-likeness (QED) is 0.126. The zero-order valence-electron chi connectivity index (χ0n) is 50.6. The molecule has 0 fully saturated rings. The number of halogens is 2. The third-order valence-electron chi connectivity index (χ3n) is 17.0. The van der Waals surface area contributed by atoms with E-state index in [1.165, 1.54) is 22.3 Å². The lowest BCUT2D eigenvalue weighted by atomic mass is 9.84. The molecule has 84 heavy (non-hydrogen) atoms. The molecular weight excluding hydrogens is 1030 g/mol. The normalized spacial score (nSPS) is 12.4. The van der Waals surface area contributed by atoms with E-state index in [1.807, 2.05) is 48.5 Å². The van der Waals surface area contributed by atoms with Crippen molar-refractivity contribution in [2.45, 2.75) is 105 Å². The fourth-order valence-electron chi connectivity index (χ4n) is 12.2. The summed E-state index contributed by atoms with van der Waals surface area (Å²) in [5.74, 6) is -0.676. The van der Waals surface area contributed by atoms with Crippen LogP contribution in [0.2, 0.25) is 0 Å². The van der Waals surface area contributed by atoms with Gasteiger partial charge in [0.2, 0.25) is 0 Å². The van der Waals surface area contributed by atoms with E-state index in [4.69, 9.17) is 0 Å². The van der Waals surface area contributed by atoms with E-state index in [2.05, 4.69) is 263 Å². The topological polar surface area (TPSA) is 6.48 Å². The van der Waals surface area contributed by atoms with E-state index in [9.17, 15) is 0 Å². The first-order valence-electron chi connectivity index (χ1n) is 29.5. The van der Waals surface area contributed by atoms with Gasteiger partial charge < -0.3 is 9.80 Å². The van der Waals surface area contributed by atoms with Crippen LogP contribution in [0.5, 0.6) is 0 Å². The SMILES string of the molecule is CC(C)(C)c1ccc(-c2cc(F)c(N(c3ccccc3)c3ccc4ccc5c(N(c6ccccc6)c6cc(-c7ccc(C(C)(C)C)cc7)c(-c7ccc(C(C)(C)C)cc7)cc6F)ccc6ccc3c4c65)cc2-c2ccc(C(C)(C)C)cc2)cc1. The highest BCUT2D eigenvalue weighted by Crippen LogP contribution is 2.51. The first-order valence-corrected chi connectivity index (χ1v) is 29.5. The highest BCUT2D eigenvalue weighted by Gasteiger charge is 2.28. The second-order valence-electron chi connectivity index (χ2n) is 26.9. The highest BCUT2D eigenvalue weighted by atomic mass is 19.1. The number of rotatable bonds is 10. The summed E-state index contributed by atoms with van der Waals surface area (Å²) in [6.45, 7) is 26.6. The number of hydrogen-bond acceptors (Lipinski definition) is 2. The van der Waals surface area contributed by atoms with Crippen molar-refractivity contribution in [2.75, 3.05) is 9.80 Å². The Hall–Kier alpha value is -8.86. The molecule has 12 aromatic rings. The number of para-hydroxylation sites is 2. The molecule has 12 aromatic carbocycles. The summed E-state index contributed by atoms with van der Waals surface area (Å²) >= 11 is 0. The molecule has 0 aliphatic carbocycles. The molecule has 0 unspecified atom stereocenters. The van der Waals surface area contributed by atoms with Gasteiger partial charge in [-0.3, -0.25) is 0 Å². The van der Waals surface area contributed by atoms with Gasteiger partial charge in [-0.05, 0) is 171 Å². The van der Waals surface area contributed by atoms with E-state index in [-0.39, 0.29) is 33.3 Å². The number of nitrogens with zero attached hydrogens (tertiary/aromatic N) is 2. The third-order valence-corrected chi connectivity index (χ3v) is 17.0. The van der Waals surface area contributed by atoms with E-state index in [0.29, 0.717) is 11.4 Å². The molecule has 0 aromatic heterocycles. The Morgan fingerprint density at radius 2 is 0.524 bits per heavy atom. The second kappa shape index (κ2) is 21.1. The van der Waals surface area contributed by atoms with Crippen molar-refractivity contribution >= 4 is 66.4 Å². The minimum atomic E-state index is -0.338. The van der Waals surface area contributed by atoms with Gasteiger partial charge in [0.15, 0.2) is 0 Å². The van der Waals surface area contributed by atoms with Gasteiger partial charge in [-0.15, -0.1) is 0 Å². The lowest BCUT2D eigenvalue weighted by molar-refractivity contribution is 0.590. The maximum absolute atomic E-state index is 17.9. The Labute approximate surface area is 496 Å². The smallest absolute Gasteiger partial charge is 0.147 e. The predicted molar refractivity (Wildman–Crippen MR) is 356 cm³/mol. The number of anilines is 6. The molecule has 0 amide bonds. The van der Waals surface area contributed by atoms with E-state index in [1.54, 1.807) is 12.1 Å². The van der Waals surface area contributed by atoms with Gasteiger partial charge in [-0.25, -0.2) is 8.78 Å². The van der Waals surface area contributed by atoms with Crippen molar-refractivity contribution in [1.29, 1.82) is 0 Å². The number of benzene rings is 12. The van der Waals surface area contributed by atoms with Crippen LogP contribution in [-0.2, 0) is 21.7 Å². The van der Waals surface area contributed by atoms with Crippen LogP contribution in [0.1, 0.15) is 105 Å². The molecule has 0 aliphatic heterocycles. The van der Waals surface area contributed by atoms with Gasteiger partial charge in [0.05, 0.1) is 22.7 Å². The maximum atomic E-state index is 17.9. The Kier molecular flexibility index (Phi) is 14.0. The molecule has 4 heteroatoms. The van der Waals surface area contributed by atoms with Crippen molar-refractivity contribution in [2.24, 2.45) is 0 Å². The first-order chi connectivity index (χ1) is 40.0. The predicted octanol–water partition coefficient (Wildman–Crippen LogP) is 23.7. The first kappa shape index (κ1) is 55.7. The van der Waals surface area contributed by atoms with Crippen LogP contribution in [0.25, 0.3) is 76.8 Å². The summed E-state index contributed by atoms with van der Waals surface area (Å²) in [6.07, 6.45) is 0. The Morgan fingerprint density at radius 1 is 0.262 bits per heavy atom. The largest absolute Gasteiger partial charge is 0.307 e. The molecule has 0 aliphatic rings. The molecular formula is C80H74F2N2. The third kappa shape index (κ3) is 10.4. The monoisotopic (exact) mass is 1100 g/mol. The molecule has 0 atom stereocenters. The summed E-state index contributed by atoms with van der Waals surface area (Å²) < 4.78 is 35.9. The minimum absolute atomic E-state index is 0.0345. The molecule has 0 N–H and O–H groups in total. The summed E-state index contributed by atoms with van der Waals surface area (Å²) in [5.41, 5.74) is 16.4. The van der Waals surface area contributed by atoms with E-state index >= 15 is 8.78 Å². The summed E-state index contributed by atoms with van der Waals surface area (Å²) in [4.78, 5) is 4.17. The van der Waals surface area contributed by atoms with Crippen LogP contribution in [0.15, 0.2) is 231 Å². The van der Waals surface area contributed by atoms with Crippen LogP contribution in [0.3, 0.4) is 0 Å². The van der Waals surface area contributed by atoms with Gasteiger partial charge >= 0.3 is 0 Å². The zero-order chi connectivity index (χ0) is 59.0. The standard InChI is InChI=1S/C80H74F2N2/c1-77(2,3)57-35-23-51(24-36-57)65-47-69(81)73(49-67(65)53-27-39-59(40-28-53)79(7,8)9)83(61-19-15-13-16-20-61)71-45-33-55-32-44-64-72(46-34-56-31-43-63(71)75(55)76(56)64)84(62-21-17-14-18-22-62)74-50-68(54-29-41-60(42-30-54)80(10,11)12)66(48-70(74)82)52-25-37-58(38-26-52)78(4,5)6/h13-50H,1-12H3.